The van der Waals surface area contributed by atoms with E-state index in [-0.39, 0.29) is 23.6 Å². The number of carbonyl (C=O) groups is 2. The van der Waals surface area contributed by atoms with E-state index in [9.17, 15) is 14.7 Å². The Hall–Kier alpha value is -2.89. The van der Waals surface area contributed by atoms with Gasteiger partial charge in [-0.05, 0) is 43.2 Å². The van der Waals surface area contributed by atoms with Crippen LogP contribution in [0.4, 0.5) is 0 Å². The van der Waals surface area contributed by atoms with Crippen molar-refractivity contribution in [3.8, 4) is 5.75 Å². The van der Waals surface area contributed by atoms with Crippen molar-refractivity contribution >= 4 is 11.8 Å². The summed E-state index contributed by atoms with van der Waals surface area (Å²) in [4.78, 5) is 30.3. The van der Waals surface area contributed by atoms with Gasteiger partial charge in [-0.1, -0.05) is 12.1 Å². The second-order valence-corrected chi connectivity index (χ2v) is 5.81. The van der Waals surface area contributed by atoms with E-state index in [2.05, 4.69) is 10.3 Å². The van der Waals surface area contributed by atoms with Crippen molar-refractivity contribution in [1.29, 1.82) is 0 Å². The Balaban J connectivity index is 1.54. The minimum atomic E-state index is -0.187. The third-order valence-corrected chi connectivity index (χ3v) is 4.11. The van der Waals surface area contributed by atoms with E-state index in [1.165, 1.54) is 12.1 Å². The Morgan fingerprint density at radius 1 is 1.12 bits per heavy atom. The molecular weight excluding hydrogens is 306 g/mol. The van der Waals surface area contributed by atoms with Gasteiger partial charge in [0.25, 0.3) is 11.8 Å². The summed E-state index contributed by atoms with van der Waals surface area (Å²) in [7, 11) is 0. The minimum Gasteiger partial charge on any atom is -0.508 e. The Morgan fingerprint density at radius 3 is 2.58 bits per heavy atom. The van der Waals surface area contributed by atoms with E-state index in [1.807, 2.05) is 0 Å². The second kappa shape index (κ2) is 7.12. The van der Waals surface area contributed by atoms with E-state index >= 15 is 0 Å². The van der Waals surface area contributed by atoms with Crippen molar-refractivity contribution in [3.63, 3.8) is 0 Å². The number of piperidine rings is 1. The molecule has 124 valence electrons. The molecule has 6 heteroatoms. The van der Waals surface area contributed by atoms with Crippen LogP contribution in [0.3, 0.4) is 0 Å². The van der Waals surface area contributed by atoms with Gasteiger partial charge in [0.1, 0.15) is 11.4 Å². The molecular formula is C18H19N3O3. The largest absolute Gasteiger partial charge is 0.508 e. The molecule has 3 rings (SSSR count). The second-order valence-electron chi connectivity index (χ2n) is 5.81. The van der Waals surface area contributed by atoms with Gasteiger partial charge in [0.15, 0.2) is 0 Å². The number of amides is 2. The van der Waals surface area contributed by atoms with Crippen molar-refractivity contribution in [2.24, 2.45) is 0 Å². The zero-order chi connectivity index (χ0) is 16.9. The van der Waals surface area contributed by atoms with Gasteiger partial charge in [-0.3, -0.25) is 14.6 Å². The van der Waals surface area contributed by atoms with Crippen LogP contribution >= 0.6 is 0 Å². The number of rotatable bonds is 3. The number of phenolic OH excluding ortho intramolecular Hbond substituents is 1. The number of nitrogens with one attached hydrogen (secondary N) is 1. The number of phenols is 1. The molecule has 0 radical (unpaired) electrons. The quantitative estimate of drug-likeness (QED) is 0.902. The van der Waals surface area contributed by atoms with Gasteiger partial charge in [0, 0.05) is 30.9 Å². The van der Waals surface area contributed by atoms with Crippen LogP contribution in [-0.4, -0.2) is 45.9 Å². The van der Waals surface area contributed by atoms with Gasteiger partial charge < -0.3 is 15.3 Å². The molecule has 24 heavy (non-hydrogen) atoms. The zero-order valence-corrected chi connectivity index (χ0v) is 13.2. The summed E-state index contributed by atoms with van der Waals surface area (Å²) < 4.78 is 0. The molecule has 1 aromatic carbocycles. The number of aromatic nitrogens is 1. The highest BCUT2D eigenvalue weighted by atomic mass is 16.3. The molecule has 1 aromatic heterocycles. The Labute approximate surface area is 140 Å². The fourth-order valence-corrected chi connectivity index (χ4v) is 2.80. The van der Waals surface area contributed by atoms with Crippen molar-refractivity contribution < 1.29 is 14.7 Å². The lowest BCUT2D eigenvalue weighted by molar-refractivity contribution is 0.0697. The molecule has 1 saturated heterocycles. The van der Waals surface area contributed by atoms with E-state index in [4.69, 9.17) is 0 Å². The molecule has 1 aliphatic rings. The van der Waals surface area contributed by atoms with E-state index in [0.29, 0.717) is 37.2 Å². The molecule has 0 unspecified atom stereocenters. The normalized spacial score (nSPS) is 15.1. The summed E-state index contributed by atoms with van der Waals surface area (Å²) in [5.74, 6) is -0.202. The van der Waals surface area contributed by atoms with E-state index < -0.39 is 0 Å². The summed E-state index contributed by atoms with van der Waals surface area (Å²) >= 11 is 0. The van der Waals surface area contributed by atoms with Gasteiger partial charge >= 0.3 is 0 Å². The summed E-state index contributed by atoms with van der Waals surface area (Å²) in [6.45, 7) is 1.14. The first-order chi connectivity index (χ1) is 11.6. The number of hydrogen-bond acceptors (Lipinski definition) is 4. The average molecular weight is 325 g/mol. The molecule has 1 fully saturated rings. The minimum absolute atomic E-state index is 0.0349. The Kier molecular flexibility index (Phi) is 4.74. The van der Waals surface area contributed by atoms with E-state index in [0.717, 1.165) is 0 Å². The van der Waals surface area contributed by atoms with Crippen LogP contribution in [0.15, 0.2) is 48.7 Å². The average Bonchev–Trinajstić information content (AvgIpc) is 2.62. The van der Waals surface area contributed by atoms with Gasteiger partial charge in [-0.15, -0.1) is 0 Å². The maximum absolute atomic E-state index is 12.4. The highest BCUT2D eigenvalue weighted by Gasteiger charge is 2.25. The monoisotopic (exact) mass is 325 g/mol. The number of aromatic hydroxyl groups is 1. The number of likely N-dealkylation sites (tertiary alicyclic amines) is 1. The van der Waals surface area contributed by atoms with Crippen LogP contribution < -0.4 is 5.32 Å². The smallest absolute Gasteiger partial charge is 0.270 e. The highest BCUT2D eigenvalue weighted by molar-refractivity contribution is 5.95. The fourth-order valence-electron chi connectivity index (χ4n) is 2.80. The molecule has 0 aliphatic carbocycles. The van der Waals surface area contributed by atoms with Gasteiger partial charge in [0.2, 0.25) is 0 Å². The van der Waals surface area contributed by atoms with Gasteiger partial charge in [-0.25, -0.2) is 0 Å². The molecule has 0 spiro atoms. The fraction of sp³-hybridized carbons (Fsp3) is 0.278. The van der Waals surface area contributed by atoms with Crippen LogP contribution in [-0.2, 0) is 0 Å². The number of carbonyl (C=O) groups excluding carboxylic acids is 2. The first kappa shape index (κ1) is 16.0. The lowest BCUT2D eigenvalue weighted by Crippen LogP contribution is -2.46. The highest BCUT2D eigenvalue weighted by Crippen LogP contribution is 2.17. The number of nitrogens with zero attached hydrogens (tertiary/aromatic N) is 2. The van der Waals surface area contributed by atoms with Crippen LogP contribution in [0.25, 0.3) is 0 Å². The SMILES string of the molecule is O=C(NC1CCN(C(=O)c2cccc(O)c2)CC1)c1ccccn1. The standard InChI is InChI=1S/C18H19N3O3/c22-15-5-3-4-13(12-15)18(24)21-10-7-14(8-11-21)20-17(23)16-6-1-2-9-19-16/h1-6,9,12,14,22H,7-8,10-11H2,(H,20,23). The van der Waals surface area contributed by atoms with Crippen molar-refractivity contribution in [2.45, 2.75) is 18.9 Å². The molecule has 0 atom stereocenters. The molecule has 2 N–H and O–H groups in total. The first-order valence-electron chi connectivity index (χ1n) is 7.93. The summed E-state index contributed by atoms with van der Waals surface area (Å²) in [6.07, 6.45) is 2.98. The third-order valence-electron chi connectivity index (χ3n) is 4.11. The van der Waals surface area contributed by atoms with Gasteiger partial charge in [0.05, 0.1) is 0 Å². The maximum Gasteiger partial charge on any atom is 0.270 e. The zero-order valence-electron chi connectivity index (χ0n) is 13.2. The molecule has 0 saturated carbocycles. The summed E-state index contributed by atoms with van der Waals surface area (Å²) in [5, 5.41) is 12.4. The van der Waals surface area contributed by atoms with E-state index in [1.54, 1.807) is 41.4 Å². The van der Waals surface area contributed by atoms with Gasteiger partial charge in [-0.2, -0.15) is 0 Å². The molecule has 2 amide bonds. The molecule has 2 heterocycles. The van der Waals surface area contributed by atoms with Crippen molar-refractivity contribution in [2.75, 3.05) is 13.1 Å². The maximum atomic E-state index is 12.4. The Bertz CT molecular complexity index is 725. The lowest BCUT2D eigenvalue weighted by Gasteiger charge is -2.32. The summed E-state index contributed by atoms with van der Waals surface area (Å²) in [5.41, 5.74) is 0.877. The van der Waals surface area contributed by atoms with Crippen LogP contribution in [0.2, 0.25) is 0 Å². The predicted molar refractivity (Wildman–Crippen MR) is 88.7 cm³/mol. The molecule has 6 nitrogen and oxygen atoms in total. The van der Waals surface area contributed by atoms with Crippen LogP contribution in [0, 0.1) is 0 Å². The topological polar surface area (TPSA) is 82.5 Å². The summed E-state index contributed by atoms with van der Waals surface area (Å²) in [6, 6.07) is 11.6. The van der Waals surface area contributed by atoms with Crippen LogP contribution in [0.1, 0.15) is 33.7 Å². The first-order valence-corrected chi connectivity index (χ1v) is 7.93. The molecule has 0 bridgehead atoms. The molecule has 2 aromatic rings. The molecule has 1 aliphatic heterocycles. The predicted octanol–water partition coefficient (Wildman–Crippen LogP) is 1.82. The van der Waals surface area contributed by atoms with Crippen molar-refractivity contribution in [1.82, 2.24) is 15.2 Å². The number of benzene rings is 1. The van der Waals surface area contributed by atoms with Crippen molar-refractivity contribution in [3.05, 3.63) is 59.9 Å². The lowest BCUT2D eigenvalue weighted by atomic mass is 10.0. The number of hydrogen-bond donors (Lipinski definition) is 2. The Morgan fingerprint density at radius 2 is 1.92 bits per heavy atom. The third kappa shape index (κ3) is 3.71. The number of pyridine rings is 1. The van der Waals surface area contributed by atoms with Crippen LogP contribution in [0.5, 0.6) is 5.75 Å².